The second-order valence-corrected chi connectivity index (χ2v) is 4.82. The van der Waals surface area contributed by atoms with Crippen LogP contribution in [0.3, 0.4) is 0 Å². The molecule has 0 aliphatic carbocycles. The predicted molar refractivity (Wildman–Crippen MR) is 80.5 cm³/mol. The highest BCUT2D eigenvalue weighted by molar-refractivity contribution is 5.63. The third kappa shape index (κ3) is 2.48. The second kappa shape index (κ2) is 5.45. The summed E-state index contributed by atoms with van der Waals surface area (Å²) in [6.45, 7) is 0. The second-order valence-electron chi connectivity index (χ2n) is 4.82. The lowest BCUT2D eigenvalue weighted by atomic mass is 10.2. The standard InChI is InChI=1S/C16H10FN5O/c17-13-4-2-1-3-12(13)15-21-16(23-22-15)10-5-6-14(18-7-10)11-8-19-20-9-11/h1-9H,(H,19,20). The van der Waals surface area contributed by atoms with Crippen molar-refractivity contribution >= 4 is 0 Å². The van der Waals surface area contributed by atoms with Gasteiger partial charge in [-0.15, -0.1) is 0 Å². The molecule has 4 rings (SSSR count). The highest BCUT2D eigenvalue weighted by Crippen LogP contribution is 2.24. The zero-order valence-electron chi connectivity index (χ0n) is 11.8. The normalized spacial score (nSPS) is 10.8. The molecule has 1 aromatic carbocycles. The maximum atomic E-state index is 13.8. The van der Waals surface area contributed by atoms with Crippen LogP contribution < -0.4 is 0 Å². The van der Waals surface area contributed by atoms with Gasteiger partial charge < -0.3 is 4.52 Å². The molecule has 0 amide bonds. The SMILES string of the molecule is Fc1ccccc1-c1noc(-c2ccc(-c3cn[nH]c3)nc2)n1. The van der Waals surface area contributed by atoms with E-state index >= 15 is 0 Å². The average Bonchev–Trinajstić information content (AvgIpc) is 3.27. The van der Waals surface area contributed by atoms with E-state index in [9.17, 15) is 4.39 Å². The number of aromatic nitrogens is 5. The van der Waals surface area contributed by atoms with E-state index in [1.165, 1.54) is 6.07 Å². The van der Waals surface area contributed by atoms with Crippen molar-refractivity contribution in [1.29, 1.82) is 0 Å². The number of benzene rings is 1. The molecule has 0 saturated heterocycles. The van der Waals surface area contributed by atoms with Crippen molar-refractivity contribution in [2.24, 2.45) is 0 Å². The minimum Gasteiger partial charge on any atom is -0.334 e. The molecule has 0 aliphatic rings. The van der Waals surface area contributed by atoms with Gasteiger partial charge in [-0.3, -0.25) is 10.1 Å². The van der Waals surface area contributed by atoms with Gasteiger partial charge in [-0.05, 0) is 24.3 Å². The molecule has 0 saturated carbocycles. The first-order valence-corrected chi connectivity index (χ1v) is 6.85. The molecule has 23 heavy (non-hydrogen) atoms. The smallest absolute Gasteiger partial charge is 0.259 e. The summed E-state index contributed by atoms with van der Waals surface area (Å²) >= 11 is 0. The van der Waals surface area contributed by atoms with E-state index < -0.39 is 5.82 Å². The Morgan fingerprint density at radius 1 is 1.00 bits per heavy atom. The molecule has 1 N–H and O–H groups in total. The Morgan fingerprint density at radius 2 is 1.91 bits per heavy atom. The average molecular weight is 307 g/mol. The monoisotopic (exact) mass is 307 g/mol. The third-order valence-corrected chi connectivity index (χ3v) is 3.35. The van der Waals surface area contributed by atoms with Gasteiger partial charge in [0, 0.05) is 18.0 Å². The summed E-state index contributed by atoms with van der Waals surface area (Å²) in [6.07, 6.45) is 5.07. The number of hydrogen-bond donors (Lipinski definition) is 1. The largest absolute Gasteiger partial charge is 0.334 e. The van der Waals surface area contributed by atoms with Crippen LogP contribution in [-0.4, -0.2) is 25.3 Å². The van der Waals surface area contributed by atoms with Gasteiger partial charge in [0.15, 0.2) is 0 Å². The number of nitrogens with one attached hydrogen (secondary N) is 1. The number of aromatic amines is 1. The van der Waals surface area contributed by atoms with Crippen molar-refractivity contribution in [1.82, 2.24) is 25.3 Å². The van der Waals surface area contributed by atoms with Crippen molar-refractivity contribution in [3.8, 4) is 34.1 Å². The summed E-state index contributed by atoms with van der Waals surface area (Å²) < 4.78 is 19.0. The van der Waals surface area contributed by atoms with Crippen molar-refractivity contribution in [3.63, 3.8) is 0 Å². The van der Waals surface area contributed by atoms with Crippen LogP contribution in [0.25, 0.3) is 34.1 Å². The van der Waals surface area contributed by atoms with Gasteiger partial charge in [0.2, 0.25) is 5.82 Å². The van der Waals surface area contributed by atoms with E-state index in [0.717, 1.165) is 11.3 Å². The fraction of sp³-hybridized carbons (Fsp3) is 0. The summed E-state index contributed by atoms with van der Waals surface area (Å²) in [4.78, 5) is 8.56. The van der Waals surface area contributed by atoms with Crippen LogP contribution in [0.5, 0.6) is 0 Å². The fourth-order valence-corrected chi connectivity index (χ4v) is 2.17. The van der Waals surface area contributed by atoms with Gasteiger partial charge in [-0.1, -0.05) is 17.3 Å². The summed E-state index contributed by atoms with van der Waals surface area (Å²) in [5, 5.41) is 10.4. The summed E-state index contributed by atoms with van der Waals surface area (Å²) in [5.74, 6) is 0.0970. The van der Waals surface area contributed by atoms with Crippen molar-refractivity contribution in [3.05, 3.63) is 60.8 Å². The number of hydrogen-bond acceptors (Lipinski definition) is 5. The summed E-state index contributed by atoms with van der Waals surface area (Å²) in [7, 11) is 0. The molecular weight excluding hydrogens is 297 g/mol. The zero-order valence-corrected chi connectivity index (χ0v) is 11.8. The summed E-state index contributed by atoms with van der Waals surface area (Å²) in [5.41, 5.74) is 2.61. The molecule has 3 heterocycles. The van der Waals surface area contributed by atoms with Crippen molar-refractivity contribution in [2.75, 3.05) is 0 Å². The van der Waals surface area contributed by atoms with Gasteiger partial charge in [0.05, 0.1) is 23.0 Å². The first kappa shape index (κ1) is 13.3. The highest BCUT2D eigenvalue weighted by Gasteiger charge is 2.14. The Balaban J connectivity index is 1.66. The quantitative estimate of drug-likeness (QED) is 0.628. The van der Waals surface area contributed by atoms with Crippen molar-refractivity contribution in [2.45, 2.75) is 0 Å². The maximum absolute atomic E-state index is 13.8. The lowest BCUT2D eigenvalue weighted by Crippen LogP contribution is -1.86. The molecule has 0 aliphatic heterocycles. The van der Waals surface area contributed by atoms with Crippen LogP contribution in [0.4, 0.5) is 4.39 Å². The molecule has 0 fully saturated rings. The number of nitrogens with zero attached hydrogens (tertiary/aromatic N) is 4. The van der Waals surface area contributed by atoms with Gasteiger partial charge in [-0.25, -0.2) is 4.39 Å². The first-order chi connectivity index (χ1) is 11.3. The molecule has 0 bridgehead atoms. The van der Waals surface area contributed by atoms with Gasteiger partial charge >= 0.3 is 0 Å². The van der Waals surface area contributed by atoms with Crippen LogP contribution in [0, 0.1) is 5.82 Å². The number of H-pyrrole nitrogens is 1. The Hall–Kier alpha value is -3.35. The zero-order chi connectivity index (χ0) is 15.6. The van der Waals surface area contributed by atoms with E-state index in [4.69, 9.17) is 4.52 Å². The lowest BCUT2D eigenvalue weighted by Gasteiger charge is -1.97. The molecule has 6 nitrogen and oxygen atoms in total. The molecule has 0 spiro atoms. The van der Waals surface area contributed by atoms with Crippen LogP contribution in [0.1, 0.15) is 0 Å². The molecule has 3 aromatic heterocycles. The molecule has 0 unspecified atom stereocenters. The molecular formula is C16H10FN5O. The first-order valence-electron chi connectivity index (χ1n) is 6.85. The van der Waals surface area contributed by atoms with Crippen LogP contribution in [-0.2, 0) is 0 Å². The lowest BCUT2D eigenvalue weighted by molar-refractivity contribution is 0.431. The van der Waals surface area contributed by atoms with Gasteiger partial charge in [0.1, 0.15) is 5.82 Å². The molecule has 4 aromatic rings. The van der Waals surface area contributed by atoms with Gasteiger partial charge in [0.25, 0.3) is 5.89 Å². The minimum atomic E-state index is -0.395. The predicted octanol–water partition coefficient (Wildman–Crippen LogP) is 3.33. The molecule has 7 heteroatoms. The van der Waals surface area contributed by atoms with Crippen molar-refractivity contribution < 1.29 is 8.91 Å². The van der Waals surface area contributed by atoms with Crippen LogP contribution in [0.15, 0.2) is 59.5 Å². The van der Waals surface area contributed by atoms with E-state index in [1.54, 1.807) is 36.8 Å². The van der Waals surface area contributed by atoms with Crippen LogP contribution in [0.2, 0.25) is 0 Å². The number of halogens is 1. The topological polar surface area (TPSA) is 80.5 Å². The number of pyridine rings is 1. The Kier molecular flexibility index (Phi) is 3.16. The minimum absolute atomic E-state index is 0.206. The van der Waals surface area contributed by atoms with E-state index in [2.05, 4.69) is 25.3 Å². The third-order valence-electron chi connectivity index (χ3n) is 3.35. The maximum Gasteiger partial charge on any atom is 0.259 e. The fourth-order valence-electron chi connectivity index (χ4n) is 2.17. The Bertz CT molecular complexity index is 931. The van der Waals surface area contributed by atoms with Gasteiger partial charge in [-0.2, -0.15) is 10.1 Å². The van der Waals surface area contributed by atoms with E-state index in [1.807, 2.05) is 12.1 Å². The molecule has 0 radical (unpaired) electrons. The van der Waals surface area contributed by atoms with E-state index in [-0.39, 0.29) is 11.7 Å². The molecule has 0 atom stereocenters. The highest BCUT2D eigenvalue weighted by atomic mass is 19.1. The molecule has 112 valence electrons. The van der Waals surface area contributed by atoms with Crippen LogP contribution >= 0.6 is 0 Å². The van der Waals surface area contributed by atoms with E-state index in [0.29, 0.717) is 11.1 Å². The Morgan fingerprint density at radius 3 is 2.65 bits per heavy atom. The number of rotatable bonds is 3. The summed E-state index contributed by atoms with van der Waals surface area (Å²) in [6, 6.07) is 9.92. The Labute approximate surface area is 130 Å².